The van der Waals surface area contributed by atoms with Gasteiger partial charge in [0.2, 0.25) is 5.91 Å². The maximum Gasteiger partial charge on any atom is 0.237 e. The van der Waals surface area contributed by atoms with E-state index in [2.05, 4.69) is 29.6 Å². The number of ether oxygens (including phenoxy) is 1. The van der Waals surface area contributed by atoms with Crippen molar-refractivity contribution in [1.29, 1.82) is 0 Å². The van der Waals surface area contributed by atoms with Gasteiger partial charge in [0.1, 0.15) is 0 Å². The molecule has 1 aromatic rings. The smallest absolute Gasteiger partial charge is 0.237 e. The number of amides is 1. The van der Waals surface area contributed by atoms with Crippen molar-refractivity contribution in [3.05, 3.63) is 35.9 Å². The molecule has 3 N–H and O–H groups in total. The SMILES string of the molecule is Cl.NC(C(=O)NCC1(c2ccccc2)CCCC1)C1CCOCC1. The lowest BCUT2D eigenvalue weighted by molar-refractivity contribution is -0.124. The van der Waals surface area contributed by atoms with Gasteiger partial charge in [-0.25, -0.2) is 0 Å². The van der Waals surface area contributed by atoms with Crippen LogP contribution in [-0.4, -0.2) is 31.7 Å². The normalized spacial score (nSPS) is 21.7. The van der Waals surface area contributed by atoms with E-state index >= 15 is 0 Å². The van der Waals surface area contributed by atoms with Gasteiger partial charge in [0.15, 0.2) is 0 Å². The molecule has 1 saturated carbocycles. The number of halogens is 1. The van der Waals surface area contributed by atoms with E-state index in [9.17, 15) is 4.79 Å². The summed E-state index contributed by atoms with van der Waals surface area (Å²) in [6, 6.07) is 10.2. The first kappa shape index (κ1) is 19.2. The summed E-state index contributed by atoms with van der Waals surface area (Å²) in [6.45, 7) is 2.14. The average molecular weight is 353 g/mol. The molecule has 1 atom stereocenters. The molecule has 0 bridgehead atoms. The van der Waals surface area contributed by atoms with Crippen molar-refractivity contribution in [2.45, 2.75) is 50.0 Å². The molecule has 5 heteroatoms. The van der Waals surface area contributed by atoms with Crippen LogP contribution in [0.15, 0.2) is 30.3 Å². The van der Waals surface area contributed by atoms with E-state index in [1.54, 1.807) is 0 Å². The molecule has 0 radical (unpaired) electrons. The molecule has 1 aliphatic carbocycles. The van der Waals surface area contributed by atoms with E-state index < -0.39 is 6.04 Å². The molecule has 1 saturated heterocycles. The van der Waals surface area contributed by atoms with Crippen molar-refractivity contribution >= 4 is 18.3 Å². The Morgan fingerprint density at radius 3 is 2.46 bits per heavy atom. The Balaban J connectivity index is 0.00000208. The summed E-state index contributed by atoms with van der Waals surface area (Å²) in [5.41, 5.74) is 7.63. The van der Waals surface area contributed by atoms with Crippen molar-refractivity contribution in [3.8, 4) is 0 Å². The van der Waals surface area contributed by atoms with Gasteiger partial charge in [-0.1, -0.05) is 43.2 Å². The number of hydrogen-bond acceptors (Lipinski definition) is 3. The summed E-state index contributed by atoms with van der Waals surface area (Å²) in [5.74, 6) is 0.249. The Morgan fingerprint density at radius 1 is 1.21 bits per heavy atom. The van der Waals surface area contributed by atoms with Crippen LogP contribution in [0.3, 0.4) is 0 Å². The molecule has 4 nitrogen and oxygen atoms in total. The standard InChI is InChI=1S/C19H28N2O2.ClH/c20-17(15-8-12-23-13-9-15)18(22)21-14-19(10-4-5-11-19)16-6-2-1-3-7-16;/h1-3,6-7,15,17H,4-5,8-14,20H2,(H,21,22);1H. The Hall–Kier alpha value is -1.10. The predicted molar refractivity (Wildman–Crippen MR) is 98.4 cm³/mol. The van der Waals surface area contributed by atoms with Gasteiger partial charge < -0.3 is 15.8 Å². The van der Waals surface area contributed by atoms with E-state index in [0.29, 0.717) is 6.54 Å². The van der Waals surface area contributed by atoms with Gasteiger partial charge in [0.25, 0.3) is 0 Å². The van der Waals surface area contributed by atoms with E-state index in [4.69, 9.17) is 10.5 Å². The third kappa shape index (κ3) is 4.29. The summed E-state index contributed by atoms with van der Waals surface area (Å²) in [7, 11) is 0. The zero-order valence-corrected chi connectivity index (χ0v) is 15.0. The van der Waals surface area contributed by atoms with Crippen LogP contribution in [0.4, 0.5) is 0 Å². The first-order chi connectivity index (χ1) is 11.2. The topological polar surface area (TPSA) is 64.4 Å². The fraction of sp³-hybridized carbons (Fsp3) is 0.632. The fourth-order valence-electron chi connectivity index (χ4n) is 4.07. The van der Waals surface area contributed by atoms with Crippen LogP contribution in [0.25, 0.3) is 0 Å². The monoisotopic (exact) mass is 352 g/mol. The third-order valence-electron chi connectivity index (χ3n) is 5.62. The zero-order chi connectivity index (χ0) is 16.1. The molecule has 1 aliphatic heterocycles. The molecular weight excluding hydrogens is 324 g/mol. The number of benzene rings is 1. The minimum absolute atomic E-state index is 0. The number of carbonyl (C=O) groups excluding carboxylic acids is 1. The lowest BCUT2D eigenvalue weighted by Crippen LogP contribution is -2.50. The molecule has 0 aromatic heterocycles. The molecule has 24 heavy (non-hydrogen) atoms. The summed E-state index contributed by atoms with van der Waals surface area (Å²) in [5, 5.41) is 3.16. The van der Waals surface area contributed by atoms with Gasteiger partial charge >= 0.3 is 0 Å². The second-order valence-corrected chi connectivity index (χ2v) is 7.05. The first-order valence-electron chi connectivity index (χ1n) is 8.88. The molecular formula is C19H29ClN2O2. The van der Waals surface area contributed by atoms with E-state index in [0.717, 1.165) is 38.9 Å². The average Bonchev–Trinajstić information content (AvgIpc) is 3.11. The van der Waals surface area contributed by atoms with Crippen molar-refractivity contribution in [2.24, 2.45) is 11.7 Å². The van der Waals surface area contributed by atoms with Crippen LogP contribution in [0.1, 0.15) is 44.1 Å². The number of nitrogens with two attached hydrogens (primary N) is 1. The van der Waals surface area contributed by atoms with Gasteiger partial charge in [-0.15, -0.1) is 12.4 Å². The second-order valence-electron chi connectivity index (χ2n) is 7.05. The van der Waals surface area contributed by atoms with Crippen LogP contribution in [0.2, 0.25) is 0 Å². The molecule has 134 valence electrons. The zero-order valence-electron chi connectivity index (χ0n) is 14.2. The Kier molecular flexibility index (Phi) is 7.08. The van der Waals surface area contributed by atoms with Crippen molar-refractivity contribution in [1.82, 2.24) is 5.32 Å². The van der Waals surface area contributed by atoms with Crippen LogP contribution in [0, 0.1) is 5.92 Å². The van der Waals surface area contributed by atoms with Crippen LogP contribution < -0.4 is 11.1 Å². The molecule has 1 amide bonds. The lowest BCUT2D eigenvalue weighted by atomic mass is 9.78. The molecule has 2 aliphatic rings. The van der Waals surface area contributed by atoms with Gasteiger partial charge in [-0.05, 0) is 37.2 Å². The minimum Gasteiger partial charge on any atom is -0.381 e. The highest BCUT2D eigenvalue weighted by molar-refractivity contribution is 5.85. The maximum absolute atomic E-state index is 12.5. The first-order valence-corrected chi connectivity index (χ1v) is 8.88. The van der Waals surface area contributed by atoms with Gasteiger partial charge in [0, 0.05) is 25.2 Å². The number of hydrogen-bond donors (Lipinski definition) is 2. The molecule has 1 unspecified atom stereocenters. The third-order valence-corrected chi connectivity index (χ3v) is 5.62. The summed E-state index contributed by atoms with van der Waals surface area (Å²) >= 11 is 0. The minimum atomic E-state index is -0.409. The number of rotatable bonds is 5. The van der Waals surface area contributed by atoms with Crippen LogP contribution >= 0.6 is 12.4 Å². The summed E-state index contributed by atoms with van der Waals surface area (Å²) in [4.78, 5) is 12.5. The highest BCUT2D eigenvalue weighted by atomic mass is 35.5. The predicted octanol–water partition coefficient (Wildman–Crippen LogP) is 2.79. The Labute approximate surface area is 150 Å². The van der Waals surface area contributed by atoms with E-state index in [1.165, 1.54) is 18.4 Å². The van der Waals surface area contributed by atoms with Crippen molar-refractivity contribution < 1.29 is 9.53 Å². The van der Waals surface area contributed by atoms with Crippen LogP contribution in [0.5, 0.6) is 0 Å². The molecule has 1 aromatic carbocycles. The maximum atomic E-state index is 12.5. The highest BCUT2D eigenvalue weighted by Gasteiger charge is 2.36. The molecule has 3 rings (SSSR count). The van der Waals surface area contributed by atoms with Gasteiger partial charge in [-0.2, -0.15) is 0 Å². The van der Waals surface area contributed by atoms with Crippen molar-refractivity contribution in [2.75, 3.05) is 19.8 Å². The van der Waals surface area contributed by atoms with Crippen molar-refractivity contribution in [3.63, 3.8) is 0 Å². The Morgan fingerprint density at radius 2 is 1.83 bits per heavy atom. The summed E-state index contributed by atoms with van der Waals surface area (Å²) < 4.78 is 5.36. The second kappa shape index (κ2) is 8.84. The molecule has 1 heterocycles. The van der Waals surface area contributed by atoms with Crippen LogP contribution in [-0.2, 0) is 14.9 Å². The summed E-state index contributed by atoms with van der Waals surface area (Å²) in [6.07, 6.45) is 6.53. The molecule has 0 spiro atoms. The number of nitrogens with one attached hydrogen (secondary N) is 1. The largest absolute Gasteiger partial charge is 0.381 e. The fourth-order valence-corrected chi connectivity index (χ4v) is 4.07. The number of carbonyl (C=O) groups is 1. The Bertz CT molecular complexity index is 511. The van der Waals surface area contributed by atoms with Gasteiger partial charge in [0.05, 0.1) is 6.04 Å². The van der Waals surface area contributed by atoms with Gasteiger partial charge in [-0.3, -0.25) is 4.79 Å². The molecule has 2 fully saturated rings. The lowest BCUT2D eigenvalue weighted by Gasteiger charge is -2.32. The highest BCUT2D eigenvalue weighted by Crippen LogP contribution is 2.40. The quantitative estimate of drug-likeness (QED) is 0.856. The van der Waals surface area contributed by atoms with E-state index in [-0.39, 0.29) is 29.6 Å². The van der Waals surface area contributed by atoms with E-state index in [1.807, 2.05) is 6.07 Å².